The third-order valence-corrected chi connectivity index (χ3v) is 3.69. The summed E-state index contributed by atoms with van der Waals surface area (Å²) in [7, 11) is 0. The molecule has 0 saturated heterocycles. The predicted molar refractivity (Wildman–Crippen MR) is 86.6 cm³/mol. The van der Waals surface area contributed by atoms with Crippen LogP contribution in [0, 0.1) is 0 Å². The third kappa shape index (κ3) is 3.55. The summed E-state index contributed by atoms with van der Waals surface area (Å²) >= 11 is 6.55. The van der Waals surface area contributed by atoms with E-state index in [0.717, 1.165) is 0 Å². The average Bonchev–Trinajstić information content (AvgIpc) is 2.53. The smallest absolute Gasteiger partial charge is 0.273 e. The Morgan fingerprint density at radius 1 is 1.20 bits per heavy atom. The first-order valence-corrected chi connectivity index (χ1v) is 7.51. The van der Waals surface area contributed by atoms with Crippen LogP contribution < -0.4 is 5.43 Å². The molecule has 0 aliphatic carbocycles. The van der Waals surface area contributed by atoms with Gasteiger partial charge in [-0.1, -0.05) is 48.2 Å². The van der Waals surface area contributed by atoms with Crippen molar-refractivity contribution in [1.29, 1.82) is 0 Å². The molecule has 1 amide bonds. The van der Waals surface area contributed by atoms with Crippen LogP contribution in [0.15, 0.2) is 54.7 Å². The van der Waals surface area contributed by atoms with E-state index in [-0.39, 0.29) is 5.91 Å². The third-order valence-electron chi connectivity index (χ3n) is 2.47. The van der Waals surface area contributed by atoms with Gasteiger partial charge in [0.2, 0.25) is 0 Å². The molecule has 6 heteroatoms. The molecule has 1 heterocycles. The number of thiocarbonyl (C=S) groups is 1. The first kappa shape index (κ1) is 14.5. The molecule has 0 saturated carbocycles. The van der Waals surface area contributed by atoms with Gasteiger partial charge in [-0.15, -0.1) is 0 Å². The summed E-state index contributed by atoms with van der Waals surface area (Å²) < 4.78 is 0.435. The predicted octanol–water partition coefficient (Wildman–Crippen LogP) is 3.20. The number of thioether (sulfide) groups is 1. The van der Waals surface area contributed by atoms with Gasteiger partial charge in [-0.3, -0.25) is 10.2 Å². The molecule has 0 atom stereocenters. The molecule has 102 valence electrons. The molecule has 2 rings (SSSR count). The molecular formula is C14H13N3OS2. The number of rotatable bonds is 3. The Morgan fingerprint density at radius 3 is 2.50 bits per heavy atom. The highest BCUT2D eigenvalue weighted by Gasteiger charge is 2.19. The van der Waals surface area contributed by atoms with E-state index >= 15 is 0 Å². The molecule has 0 radical (unpaired) electrons. The molecular weight excluding hydrogens is 290 g/mol. The van der Waals surface area contributed by atoms with Crippen LogP contribution in [0.25, 0.3) is 0 Å². The lowest BCUT2D eigenvalue weighted by Crippen LogP contribution is -2.39. The van der Waals surface area contributed by atoms with Crippen LogP contribution in [-0.2, 0) is 0 Å². The van der Waals surface area contributed by atoms with Gasteiger partial charge in [-0.25, -0.2) is 9.99 Å². The van der Waals surface area contributed by atoms with E-state index in [1.54, 1.807) is 30.5 Å². The number of carbonyl (C=O) groups excluding carboxylic acids is 1. The lowest BCUT2D eigenvalue weighted by molar-refractivity contribution is 0.0874. The number of aromatic nitrogens is 1. The summed E-state index contributed by atoms with van der Waals surface area (Å²) in [5, 5.41) is 1.33. The summed E-state index contributed by atoms with van der Waals surface area (Å²) in [5.41, 5.74) is 3.50. The van der Waals surface area contributed by atoms with E-state index in [1.807, 2.05) is 30.5 Å². The van der Waals surface area contributed by atoms with Crippen LogP contribution in [0.4, 0.5) is 5.82 Å². The summed E-state index contributed by atoms with van der Waals surface area (Å²) in [6.07, 6.45) is 3.48. The van der Waals surface area contributed by atoms with Crippen molar-refractivity contribution in [2.24, 2.45) is 0 Å². The van der Waals surface area contributed by atoms with Crippen molar-refractivity contribution in [3.05, 3.63) is 60.3 Å². The molecule has 0 aliphatic heterocycles. The molecule has 1 aromatic carbocycles. The van der Waals surface area contributed by atoms with Gasteiger partial charge in [0.1, 0.15) is 5.82 Å². The highest BCUT2D eigenvalue weighted by atomic mass is 32.2. The van der Waals surface area contributed by atoms with Gasteiger partial charge in [-0.2, -0.15) is 0 Å². The molecule has 2 aromatic rings. The monoisotopic (exact) mass is 303 g/mol. The molecule has 0 bridgehead atoms. The largest absolute Gasteiger partial charge is 0.278 e. The summed E-state index contributed by atoms with van der Waals surface area (Å²) in [5.74, 6) is 0.351. The van der Waals surface area contributed by atoms with E-state index < -0.39 is 0 Å². The van der Waals surface area contributed by atoms with Gasteiger partial charge in [0.25, 0.3) is 5.91 Å². The summed E-state index contributed by atoms with van der Waals surface area (Å²) in [4.78, 5) is 16.6. The van der Waals surface area contributed by atoms with Crippen molar-refractivity contribution in [2.75, 3.05) is 11.7 Å². The first-order valence-electron chi connectivity index (χ1n) is 5.87. The van der Waals surface area contributed by atoms with Gasteiger partial charge in [-0.05, 0) is 30.5 Å². The highest BCUT2D eigenvalue weighted by molar-refractivity contribution is 8.22. The van der Waals surface area contributed by atoms with Crippen molar-refractivity contribution >= 4 is 40.0 Å². The lowest BCUT2D eigenvalue weighted by atomic mass is 10.2. The maximum absolute atomic E-state index is 12.5. The maximum atomic E-state index is 12.5. The minimum absolute atomic E-state index is 0.212. The van der Waals surface area contributed by atoms with E-state index in [9.17, 15) is 4.79 Å². The second kappa shape index (κ2) is 7.02. The zero-order valence-electron chi connectivity index (χ0n) is 10.8. The van der Waals surface area contributed by atoms with Crippen LogP contribution in [0.5, 0.6) is 0 Å². The fourth-order valence-corrected chi connectivity index (χ4v) is 1.96. The minimum atomic E-state index is -0.212. The van der Waals surface area contributed by atoms with Crippen molar-refractivity contribution in [3.8, 4) is 0 Å². The Balaban J connectivity index is 2.24. The second-order valence-corrected chi connectivity index (χ2v) is 5.24. The number of nitrogens with zero attached hydrogens (tertiary/aromatic N) is 2. The molecule has 0 spiro atoms. The summed E-state index contributed by atoms with van der Waals surface area (Å²) in [6.45, 7) is 0. The lowest BCUT2D eigenvalue weighted by Gasteiger charge is -2.23. The van der Waals surface area contributed by atoms with Crippen LogP contribution in [-0.4, -0.2) is 26.5 Å². The van der Waals surface area contributed by atoms with Gasteiger partial charge in [0, 0.05) is 11.8 Å². The second-order valence-electron chi connectivity index (χ2n) is 3.80. The zero-order chi connectivity index (χ0) is 14.4. The SMILES string of the molecule is CSC(=S)N(Nc1ccccn1)C(=O)c1ccccc1. The fraction of sp³-hybridized carbons (Fsp3) is 0.0714. The number of nitrogens with one attached hydrogen (secondary N) is 1. The number of carbonyl (C=O) groups is 1. The Morgan fingerprint density at radius 2 is 1.90 bits per heavy atom. The Hall–Kier alpha value is -1.92. The number of benzene rings is 1. The van der Waals surface area contributed by atoms with Crippen LogP contribution in [0.3, 0.4) is 0 Å². The van der Waals surface area contributed by atoms with E-state index in [1.165, 1.54) is 16.8 Å². The maximum Gasteiger partial charge on any atom is 0.278 e. The number of anilines is 1. The molecule has 0 aliphatic rings. The van der Waals surface area contributed by atoms with Crippen molar-refractivity contribution in [2.45, 2.75) is 0 Å². The number of pyridine rings is 1. The fourth-order valence-electron chi connectivity index (χ4n) is 1.52. The normalized spacial score (nSPS) is 9.85. The first-order chi connectivity index (χ1) is 9.72. The van der Waals surface area contributed by atoms with E-state index in [0.29, 0.717) is 15.7 Å². The summed E-state index contributed by atoms with van der Waals surface area (Å²) in [6, 6.07) is 14.4. The zero-order valence-corrected chi connectivity index (χ0v) is 12.4. The molecule has 4 nitrogen and oxygen atoms in total. The molecule has 0 unspecified atom stereocenters. The number of hydrogen-bond acceptors (Lipinski definition) is 5. The van der Waals surface area contributed by atoms with E-state index in [2.05, 4.69) is 10.4 Å². The van der Waals surface area contributed by atoms with Crippen molar-refractivity contribution in [1.82, 2.24) is 9.99 Å². The minimum Gasteiger partial charge on any atom is -0.273 e. The number of hydrazine groups is 1. The quantitative estimate of drug-likeness (QED) is 0.697. The van der Waals surface area contributed by atoms with Crippen molar-refractivity contribution in [3.63, 3.8) is 0 Å². The van der Waals surface area contributed by atoms with Gasteiger partial charge >= 0.3 is 0 Å². The van der Waals surface area contributed by atoms with Gasteiger partial charge < -0.3 is 0 Å². The van der Waals surface area contributed by atoms with Crippen LogP contribution >= 0.6 is 24.0 Å². The molecule has 20 heavy (non-hydrogen) atoms. The van der Waals surface area contributed by atoms with Crippen molar-refractivity contribution < 1.29 is 4.79 Å². The van der Waals surface area contributed by atoms with Crippen LogP contribution in [0.2, 0.25) is 0 Å². The Kier molecular flexibility index (Phi) is 5.09. The standard InChI is InChI=1S/C14H13N3OS2/c1-20-14(19)17(16-12-9-5-6-10-15-12)13(18)11-7-3-2-4-8-11/h2-10H,1H3,(H,15,16). The molecule has 1 N–H and O–H groups in total. The average molecular weight is 303 g/mol. The van der Waals surface area contributed by atoms with E-state index in [4.69, 9.17) is 12.2 Å². The molecule has 0 fully saturated rings. The molecule has 1 aromatic heterocycles. The topological polar surface area (TPSA) is 45.2 Å². The van der Waals surface area contributed by atoms with Gasteiger partial charge in [0.05, 0.1) is 0 Å². The highest BCUT2D eigenvalue weighted by Crippen LogP contribution is 2.13. The number of hydrogen-bond donors (Lipinski definition) is 1. The Labute approximate surface area is 127 Å². The van der Waals surface area contributed by atoms with Gasteiger partial charge in [0.15, 0.2) is 4.32 Å². The Bertz CT molecular complexity index is 590. The number of amides is 1. The van der Waals surface area contributed by atoms with Crippen LogP contribution in [0.1, 0.15) is 10.4 Å².